The highest BCUT2D eigenvalue weighted by molar-refractivity contribution is 5.76. The zero-order valence-electron chi connectivity index (χ0n) is 25.1. The van der Waals surface area contributed by atoms with Crippen LogP contribution in [0.5, 0.6) is 5.75 Å². The van der Waals surface area contributed by atoms with Gasteiger partial charge in [-0.15, -0.1) is 0 Å². The fourth-order valence-electron chi connectivity index (χ4n) is 6.13. The second kappa shape index (κ2) is 13.0. The predicted octanol–water partition coefficient (Wildman–Crippen LogP) is 7.00. The van der Waals surface area contributed by atoms with Crippen LogP contribution in [0.1, 0.15) is 91.9 Å². The number of hydrogen-bond acceptors (Lipinski definition) is 4. The molecular formula is C35H46N2O3. The fraction of sp³-hybridized carbons (Fsp3) is 0.486. The second-order valence-electron chi connectivity index (χ2n) is 11.8. The van der Waals surface area contributed by atoms with Crippen LogP contribution in [0.25, 0.3) is 11.3 Å². The molecule has 4 rings (SSSR count). The Kier molecular flexibility index (Phi) is 9.68. The van der Waals surface area contributed by atoms with Crippen molar-refractivity contribution < 1.29 is 14.6 Å². The first-order chi connectivity index (χ1) is 19.1. The van der Waals surface area contributed by atoms with Crippen LogP contribution in [0.3, 0.4) is 0 Å². The summed E-state index contributed by atoms with van der Waals surface area (Å²) in [5.74, 6) is 0.800. The van der Waals surface area contributed by atoms with Crippen LogP contribution in [0.2, 0.25) is 0 Å². The van der Waals surface area contributed by atoms with Crippen molar-refractivity contribution in [2.75, 3.05) is 0 Å². The minimum atomic E-state index is -0.458. The first-order valence-corrected chi connectivity index (χ1v) is 14.9. The highest BCUT2D eigenvalue weighted by Crippen LogP contribution is 2.36. The quantitative estimate of drug-likeness (QED) is 0.289. The Morgan fingerprint density at radius 1 is 1.05 bits per heavy atom. The number of rotatable bonds is 10. The summed E-state index contributed by atoms with van der Waals surface area (Å²) in [6, 6.07) is 15.1. The van der Waals surface area contributed by atoms with Gasteiger partial charge in [0, 0.05) is 22.7 Å². The molecule has 5 nitrogen and oxygen atoms in total. The third-order valence-electron chi connectivity index (χ3n) is 8.76. The van der Waals surface area contributed by atoms with Crippen molar-refractivity contribution in [3.63, 3.8) is 0 Å². The third kappa shape index (κ3) is 6.58. The Morgan fingerprint density at radius 2 is 1.75 bits per heavy atom. The highest BCUT2D eigenvalue weighted by atomic mass is 16.5. The van der Waals surface area contributed by atoms with Crippen LogP contribution in [0, 0.1) is 25.7 Å². The first kappa shape index (κ1) is 29.8. The summed E-state index contributed by atoms with van der Waals surface area (Å²) in [6.07, 6.45) is 3.91. The lowest BCUT2D eigenvalue weighted by Gasteiger charge is -2.32. The van der Waals surface area contributed by atoms with Crippen molar-refractivity contribution in [1.82, 2.24) is 4.98 Å². The number of benzene rings is 2. The van der Waals surface area contributed by atoms with Gasteiger partial charge in [-0.05, 0) is 104 Å². The van der Waals surface area contributed by atoms with E-state index in [0.29, 0.717) is 38.2 Å². The number of ether oxygens (including phenoxy) is 1. The van der Waals surface area contributed by atoms with Crippen LogP contribution in [0.4, 0.5) is 0 Å². The molecule has 3 unspecified atom stereocenters. The number of aromatic nitrogens is 1. The van der Waals surface area contributed by atoms with Crippen LogP contribution >= 0.6 is 0 Å². The number of amides is 1. The van der Waals surface area contributed by atoms with Crippen molar-refractivity contribution in [3.8, 4) is 17.0 Å². The molecule has 3 N–H and O–H groups in total. The van der Waals surface area contributed by atoms with Gasteiger partial charge in [0.1, 0.15) is 12.4 Å². The van der Waals surface area contributed by atoms with Gasteiger partial charge in [0.25, 0.3) is 0 Å². The van der Waals surface area contributed by atoms with Gasteiger partial charge in [0.2, 0.25) is 5.91 Å². The zero-order valence-corrected chi connectivity index (χ0v) is 25.1. The molecule has 1 heterocycles. The van der Waals surface area contributed by atoms with Crippen LogP contribution < -0.4 is 10.5 Å². The molecule has 1 aromatic heterocycles. The maximum atomic E-state index is 12.0. The Hall–Kier alpha value is -3.18. The van der Waals surface area contributed by atoms with E-state index in [0.717, 1.165) is 46.7 Å². The van der Waals surface area contributed by atoms with E-state index in [2.05, 4.69) is 84.0 Å². The van der Waals surface area contributed by atoms with E-state index in [-0.39, 0.29) is 17.7 Å². The molecule has 1 fully saturated rings. The van der Waals surface area contributed by atoms with Crippen LogP contribution in [-0.2, 0) is 30.7 Å². The van der Waals surface area contributed by atoms with Gasteiger partial charge < -0.3 is 15.6 Å². The lowest BCUT2D eigenvalue weighted by molar-refractivity contribution is -0.124. The number of aliphatic hydroxyl groups is 1. The molecule has 1 aliphatic rings. The molecule has 5 heteroatoms. The molecule has 0 bridgehead atoms. The fourth-order valence-corrected chi connectivity index (χ4v) is 6.13. The van der Waals surface area contributed by atoms with E-state index >= 15 is 0 Å². The number of primary amides is 1. The van der Waals surface area contributed by atoms with Crippen molar-refractivity contribution in [3.05, 3.63) is 81.5 Å². The molecule has 0 aliphatic heterocycles. The van der Waals surface area contributed by atoms with E-state index in [1.807, 2.05) is 0 Å². The minimum absolute atomic E-state index is 0.0438. The predicted molar refractivity (Wildman–Crippen MR) is 163 cm³/mol. The molecule has 1 saturated carbocycles. The molecule has 0 spiro atoms. The second-order valence-corrected chi connectivity index (χ2v) is 11.8. The number of nitrogens with two attached hydrogens (primary N) is 1. The number of hydrogen-bond donors (Lipinski definition) is 2. The van der Waals surface area contributed by atoms with E-state index in [4.69, 9.17) is 15.5 Å². The number of carbonyl (C=O) groups excluding carboxylic acids is 1. The molecule has 3 aromatic rings. The Morgan fingerprint density at radius 3 is 2.38 bits per heavy atom. The summed E-state index contributed by atoms with van der Waals surface area (Å²) >= 11 is 0. The van der Waals surface area contributed by atoms with Gasteiger partial charge in [-0.1, -0.05) is 58.0 Å². The molecule has 1 amide bonds. The molecule has 214 valence electrons. The van der Waals surface area contributed by atoms with E-state index in [1.54, 1.807) is 0 Å². The summed E-state index contributed by atoms with van der Waals surface area (Å²) in [7, 11) is 0. The highest BCUT2D eigenvalue weighted by Gasteiger charge is 2.33. The van der Waals surface area contributed by atoms with E-state index in [1.165, 1.54) is 22.3 Å². The van der Waals surface area contributed by atoms with Crippen molar-refractivity contribution in [2.45, 2.75) is 98.7 Å². The standard InChI is InChI=1S/C35H46N2O3/c1-7-24-10-9-11-25(8-2)34(24)31-18-28(17-29-16-27(35(36)39)14-15-32(29)38)30(23(6)37-31)20-40-33-19-26(21(3)4)13-12-22(33)5/h9-13,18-19,21,27,29,32,38H,7-8,14-17,20H2,1-6H3,(H2,36,39). The van der Waals surface area contributed by atoms with Crippen molar-refractivity contribution >= 4 is 5.91 Å². The Balaban J connectivity index is 1.77. The normalized spacial score (nSPS) is 19.1. The molecule has 0 radical (unpaired) electrons. The number of pyridine rings is 1. The van der Waals surface area contributed by atoms with Gasteiger partial charge in [-0.2, -0.15) is 0 Å². The van der Waals surface area contributed by atoms with Crippen molar-refractivity contribution in [2.24, 2.45) is 17.6 Å². The maximum Gasteiger partial charge on any atom is 0.220 e. The van der Waals surface area contributed by atoms with Crippen LogP contribution in [0.15, 0.2) is 42.5 Å². The minimum Gasteiger partial charge on any atom is -0.489 e. The molecule has 3 atom stereocenters. The Bertz CT molecular complexity index is 1320. The summed E-state index contributed by atoms with van der Waals surface area (Å²) < 4.78 is 6.47. The number of nitrogens with zero attached hydrogens (tertiary/aromatic N) is 1. The largest absolute Gasteiger partial charge is 0.489 e. The van der Waals surface area contributed by atoms with Crippen LogP contribution in [-0.4, -0.2) is 22.1 Å². The lowest BCUT2D eigenvalue weighted by atomic mass is 9.76. The summed E-state index contributed by atoms with van der Waals surface area (Å²) in [5.41, 5.74) is 15.9. The molecule has 2 aromatic carbocycles. The first-order valence-electron chi connectivity index (χ1n) is 14.9. The number of aliphatic hydroxyl groups excluding tert-OH is 1. The third-order valence-corrected chi connectivity index (χ3v) is 8.76. The summed E-state index contributed by atoms with van der Waals surface area (Å²) in [5, 5.41) is 11.0. The number of aryl methyl sites for hydroxylation is 4. The molecule has 0 saturated heterocycles. The van der Waals surface area contributed by atoms with Gasteiger partial charge in [-0.3, -0.25) is 9.78 Å². The monoisotopic (exact) mass is 542 g/mol. The van der Waals surface area contributed by atoms with Gasteiger partial charge >= 0.3 is 0 Å². The smallest absolute Gasteiger partial charge is 0.220 e. The molecule has 1 aliphatic carbocycles. The topological polar surface area (TPSA) is 85.4 Å². The van der Waals surface area contributed by atoms with E-state index in [9.17, 15) is 9.90 Å². The lowest BCUT2D eigenvalue weighted by Crippen LogP contribution is -2.36. The number of carbonyl (C=O) groups is 1. The van der Waals surface area contributed by atoms with Gasteiger partial charge in [0.05, 0.1) is 11.8 Å². The van der Waals surface area contributed by atoms with Crippen molar-refractivity contribution in [1.29, 1.82) is 0 Å². The van der Waals surface area contributed by atoms with E-state index < -0.39 is 6.10 Å². The molecule has 40 heavy (non-hydrogen) atoms. The summed E-state index contributed by atoms with van der Waals surface area (Å²) in [4.78, 5) is 17.2. The molecular weight excluding hydrogens is 496 g/mol. The van der Waals surface area contributed by atoms with Gasteiger partial charge in [-0.25, -0.2) is 0 Å². The maximum absolute atomic E-state index is 12.0. The summed E-state index contributed by atoms with van der Waals surface area (Å²) in [6.45, 7) is 13.3. The SMILES string of the molecule is CCc1cccc(CC)c1-c1cc(CC2CC(C(N)=O)CCC2O)c(COc2cc(C(C)C)ccc2C)c(C)n1. The average molecular weight is 543 g/mol. The zero-order chi connectivity index (χ0) is 29.0. The Labute approximate surface area is 240 Å². The average Bonchev–Trinajstić information content (AvgIpc) is 2.93. The van der Waals surface area contributed by atoms with Gasteiger partial charge in [0.15, 0.2) is 0 Å².